The molecule has 94 valence electrons. The number of nitrogens with zero attached hydrogens (tertiary/aromatic N) is 1. The third-order valence-corrected chi connectivity index (χ3v) is 2.15. The van der Waals surface area contributed by atoms with E-state index in [1.807, 2.05) is 0 Å². The molecule has 1 aromatic heterocycles. The molecule has 0 radical (unpaired) electrons. The van der Waals surface area contributed by atoms with Crippen LogP contribution in [0.2, 0.25) is 0 Å². The van der Waals surface area contributed by atoms with Crippen molar-refractivity contribution in [3.8, 4) is 5.75 Å². The van der Waals surface area contributed by atoms with Crippen LogP contribution in [0, 0.1) is 0 Å². The summed E-state index contributed by atoms with van der Waals surface area (Å²) < 4.78 is 29.9. The number of rotatable bonds is 5. The summed E-state index contributed by atoms with van der Waals surface area (Å²) in [6.07, 6.45) is -3.13. The first-order valence-electron chi connectivity index (χ1n) is 4.76. The highest BCUT2D eigenvalue weighted by atomic mass is 19.3. The molecule has 0 unspecified atom stereocenters. The number of pyridine rings is 1. The van der Waals surface area contributed by atoms with Gasteiger partial charge in [0.2, 0.25) is 0 Å². The molecule has 1 rings (SSSR count). The molecule has 17 heavy (non-hydrogen) atoms. The van der Waals surface area contributed by atoms with Crippen molar-refractivity contribution in [2.75, 3.05) is 7.11 Å². The summed E-state index contributed by atoms with van der Waals surface area (Å²) in [6.45, 7) is -0.125. The van der Waals surface area contributed by atoms with Crippen LogP contribution < -0.4 is 10.5 Å². The Morgan fingerprint density at radius 2 is 2.29 bits per heavy atom. The van der Waals surface area contributed by atoms with Crippen LogP contribution in [-0.2, 0) is 17.8 Å². The van der Waals surface area contributed by atoms with E-state index in [4.69, 9.17) is 15.6 Å². The second kappa shape index (κ2) is 5.53. The van der Waals surface area contributed by atoms with Crippen molar-refractivity contribution >= 4 is 5.97 Å². The normalized spacial score (nSPS) is 10.6. The Labute approximate surface area is 96.2 Å². The highest BCUT2D eigenvalue weighted by molar-refractivity contribution is 5.71. The van der Waals surface area contributed by atoms with Crippen molar-refractivity contribution in [2.24, 2.45) is 5.73 Å². The lowest BCUT2D eigenvalue weighted by atomic mass is 10.1. The number of hydrogen-bond donors (Lipinski definition) is 2. The van der Waals surface area contributed by atoms with Crippen LogP contribution in [-0.4, -0.2) is 23.2 Å². The number of nitrogens with two attached hydrogens (primary N) is 1. The standard InChI is InChI=1S/C10H12F2N2O3/c1-17-8-3-6(10(11)12)14-7(4-13)5(8)2-9(15)16/h3,10H,2,4,13H2,1H3,(H,15,16). The predicted molar refractivity (Wildman–Crippen MR) is 55.0 cm³/mol. The first-order valence-corrected chi connectivity index (χ1v) is 4.76. The van der Waals surface area contributed by atoms with Gasteiger partial charge in [-0.1, -0.05) is 0 Å². The van der Waals surface area contributed by atoms with Crippen LogP contribution in [0.3, 0.4) is 0 Å². The summed E-state index contributed by atoms with van der Waals surface area (Å²) in [5.74, 6) is -1.04. The topological polar surface area (TPSA) is 85.4 Å². The Morgan fingerprint density at radius 3 is 2.71 bits per heavy atom. The molecule has 3 N–H and O–H groups in total. The lowest BCUT2D eigenvalue weighted by molar-refractivity contribution is -0.136. The second-order valence-corrected chi connectivity index (χ2v) is 3.25. The SMILES string of the molecule is COc1cc(C(F)F)nc(CN)c1CC(=O)O. The summed E-state index contributed by atoms with van der Waals surface area (Å²) in [5.41, 5.74) is 5.23. The van der Waals surface area contributed by atoms with E-state index < -0.39 is 18.1 Å². The molecule has 0 aliphatic heterocycles. The number of hydrogen-bond acceptors (Lipinski definition) is 4. The minimum Gasteiger partial charge on any atom is -0.496 e. The minimum absolute atomic E-state index is 0.0677. The molecule has 0 aromatic carbocycles. The summed E-state index contributed by atoms with van der Waals surface area (Å²) in [5, 5.41) is 8.71. The van der Waals surface area contributed by atoms with E-state index in [1.165, 1.54) is 7.11 Å². The van der Waals surface area contributed by atoms with Gasteiger partial charge in [-0.2, -0.15) is 0 Å². The molecular formula is C10H12F2N2O3. The molecule has 1 heterocycles. The number of methoxy groups -OCH3 is 1. The molecule has 7 heteroatoms. The maximum atomic E-state index is 12.5. The summed E-state index contributed by atoms with van der Waals surface area (Å²) in [6, 6.07) is 1.03. The zero-order valence-corrected chi connectivity index (χ0v) is 9.11. The molecule has 0 bridgehead atoms. The number of halogens is 2. The minimum atomic E-state index is -2.76. The molecule has 0 atom stereocenters. The first-order chi connectivity index (χ1) is 7.99. The lowest BCUT2D eigenvalue weighted by Gasteiger charge is -2.12. The van der Waals surface area contributed by atoms with Gasteiger partial charge in [0.1, 0.15) is 11.4 Å². The van der Waals surface area contributed by atoms with E-state index in [2.05, 4.69) is 4.98 Å². The van der Waals surface area contributed by atoms with Gasteiger partial charge in [0.15, 0.2) is 0 Å². The van der Waals surface area contributed by atoms with Crippen LogP contribution in [0.1, 0.15) is 23.4 Å². The second-order valence-electron chi connectivity index (χ2n) is 3.25. The number of carboxylic acids is 1. The van der Waals surface area contributed by atoms with Gasteiger partial charge in [-0.25, -0.2) is 13.8 Å². The number of aromatic nitrogens is 1. The molecule has 5 nitrogen and oxygen atoms in total. The lowest BCUT2D eigenvalue weighted by Crippen LogP contribution is -2.12. The van der Waals surface area contributed by atoms with Gasteiger partial charge in [0.05, 0.1) is 19.2 Å². The van der Waals surface area contributed by atoms with Crippen molar-refractivity contribution in [1.82, 2.24) is 4.98 Å². The fraction of sp³-hybridized carbons (Fsp3) is 0.400. The fourth-order valence-electron chi connectivity index (χ4n) is 1.42. The van der Waals surface area contributed by atoms with Crippen molar-refractivity contribution < 1.29 is 23.4 Å². The largest absolute Gasteiger partial charge is 0.496 e. The number of carboxylic acid groups (broad SMARTS) is 1. The van der Waals surface area contributed by atoms with Crippen molar-refractivity contribution in [2.45, 2.75) is 19.4 Å². The molecule has 0 amide bonds. The smallest absolute Gasteiger partial charge is 0.308 e. The highest BCUT2D eigenvalue weighted by Gasteiger charge is 2.19. The maximum Gasteiger partial charge on any atom is 0.308 e. The van der Waals surface area contributed by atoms with Gasteiger partial charge in [0.25, 0.3) is 6.43 Å². The average Bonchev–Trinajstić information content (AvgIpc) is 2.28. The van der Waals surface area contributed by atoms with Gasteiger partial charge in [0, 0.05) is 18.2 Å². The molecule has 0 spiro atoms. The van der Waals surface area contributed by atoms with Crippen LogP contribution in [0.15, 0.2) is 6.07 Å². The Morgan fingerprint density at radius 1 is 1.65 bits per heavy atom. The van der Waals surface area contributed by atoms with Gasteiger partial charge in [-0.15, -0.1) is 0 Å². The average molecular weight is 246 g/mol. The zero-order chi connectivity index (χ0) is 13.0. The fourth-order valence-corrected chi connectivity index (χ4v) is 1.42. The maximum absolute atomic E-state index is 12.5. The highest BCUT2D eigenvalue weighted by Crippen LogP contribution is 2.27. The quantitative estimate of drug-likeness (QED) is 0.812. The van der Waals surface area contributed by atoms with E-state index in [0.29, 0.717) is 0 Å². The van der Waals surface area contributed by atoms with Crippen molar-refractivity contribution in [1.29, 1.82) is 0 Å². The number of alkyl halides is 2. The third-order valence-electron chi connectivity index (χ3n) is 2.15. The molecule has 0 aliphatic rings. The number of aliphatic carboxylic acids is 1. The van der Waals surface area contributed by atoms with E-state index in [-0.39, 0.29) is 30.0 Å². The summed E-state index contributed by atoms with van der Waals surface area (Å²) >= 11 is 0. The molecule has 1 aromatic rings. The molecular weight excluding hydrogens is 234 g/mol. The monoisotopic (exact) mass is 246 g/mol. The Bertz CT molecular complexity index is 399. The van der Waals surface area contributed by atoms with Crippen LogP contribution in [0.5, 0.6) is 5.75 Å². The van der Waals surface area contributed by atoms with E-state index in [9.17, 15) is 13.6 Å². The Balaban J connectivity index is 3.30. The van der Waals surface area contributed by atoms with Crippen LogP contribution in [0.25, 0.3) is 0 Å². The number of carbonyl (C=O) groups is 1. The molecule has 0 aliphatic carbocycles. The van der Waals surface area contributed by atoms with E-state index in [0.717, 1.165) is 6.07 Å². The molecule has 0 saturated heterocycles. The summed E-state index contributed by atoms with van der Waals surface area (Å²) in [7, 11) is 1.27. The van der Waals surface area contributed by atoms with E-state index >= 15 is 0 Å². The van der Waals surface area contributed by atoms with Crippen LogP contribution >= 0.6 is 0 Å². The molecule has 0 fully saturated rings. The van der Waals surface area contributed by atoms with Crippen molar-refractivity contribution in [3.63, 3.8) is 0 Å². The third kappa shape index (κ3) is 3.10. The zero-order valence-electron chi connectivity index (χ0n) is 9.11. The Hall–Kier alpha value is -1.76. The number of ether oxygens (including phenoxy) is 1. The molecule has 0 saturated carbocycles. The summed E-state index contributed by atoms with van der Waals surface area (Å²) in [4.78, 5) is 14.3. The Kier molecular flexibility index (Phi) is 4.33. The van der Waals surface area contributed by atoms with Gasteiger partial charge < -0.3 is 15.6 Å². The van der Waals surface area contributed by atoms with Crippen molar-refractivity contribution in [3.05, 3.63) is 23.0 Å². The van der Waals surface area contributed by atoms with E-state index in [1.54, 1.807) is 0 Å². The van der Waals surface area contributed by atoms with Gasteiger partial charge in [-0.3, -0.25) is 4.79 Å². The first kappa shape index (κ1) is 13.3. The van der Waals surface area contributed by atoms with Gasteiger partial charge >= 0.3 is 5.97 Å². The van der Waals surface area contributed by atoms with Crippen LogP contribution in [0.4, 0.5) is 8.78 Å². The van der Waals surface area contributed by atoms with Gasteiger partial charge in [-0.05, 0) is 0 Å². The predicted octanol–water partition coefficient (Wildman–Crippen LogP) is 1.11.